The minimum absolute atomic E-state index is 0.0230. The van der Waals surface area contributed by atoms with Crippen LogP contribution in [0.3, 0.4) is 0 Å². The van der Waals surface area contributed by atoms with Crippen LogP contribution in [0.4, 0.5) is 14.5 Å². The second kappa shape index (κ2) is 7.63. The van der Waals surface area contributed by atoms with Crippen molar-refractivity contribution in [2.45, 2.75) is 13.8 Å². The maximum atomic E-state index is 13.6. The van der Waals surface area contributed by atoms with Crippen LogP contribution in [0.1, 0.15) is 34.6 Å². The van der Waals surface area contributed by atoms with Gasteiger partial charge in [-0.05, 0) is 24.1 Å². The molecule has 0 unspecified atom stereocenters. The Morgan fingerprint density at radius 3 is 2.25 bits per heavy atom. The molecule has 7 heteroatoms. The van der Waals surface area contributed by atoms with Crippen molar-refractivity contribution in [3.8, 4) is 0 Å². The molecule has 0 spiro atoms. The predicted octanol–water partition coefficient (Wildman–Crippen LogP) is 3.00. The number of pyridine rings is 1. The molecule has 2 rings (SSSR count). The van der Waals surface area contributed by atoms with E-state index in [-0.39, 0.29) is 23.0 Å². The van der Waals surface area contributed by atoms with E-state index in [4.69, 9.17) is 0 Å². The highest BCUT2D eigenvalue weighted by Crippen LogP contribution is 2.19. The number of hydrogen-bond donors (Lipinski definition) is 2. The first-order chi connectivity index (χ1) is 11.4. The normalized spacial score (nSPS) is 10.5. The Balaban J connectivity index is 2.16. The molecule has 0 atom stereocenters. The molecule has 2 N–H and O–H groups in total. The average molecular weight is 333 g/mol. The molecule has 0 aliphatic heterocycles. The van der Waals surface area contributed by atoms with Gasteiger partial charge in [0.05, 0.1) is 11.1 Å². The van der Waals surface area contributed by atoms with Gasteiger partial charge < -0.3 is 10.6 Å². The zero-order chi connectivity index (χ0) is 17.7. The Morgan fingerprint density at radius 2 is 1.67 bits per heavy atom. The SMILES string of the molecule is CC(C)CNC(=O)c1cncc(C(=O)Nc2c(F)cccc2F)c1. The van der Waals surface area contributed by atoms with Gasteiger partial charge in [-0.2, -0.15) is 0 Å². The summed E-state index contributed by atoms with van der Waals surface area (Å²) in [5, 5.41) is 4.85. The number of para-hydroxylation sites is 1. The number of rotatable bonds is 5. The van der Waals surface area contributed by atoms with E-state index in [1.807, 2.05) is 13.8 Å². The largest absolute Gasteiger partial charge is 0.352 e. The number of carbonyl (C=O) groups is 2. The number of benzene rings is 1. The molecule has 0 aliphatic rings. The molecular formula is C17H17F2N3O2. The van der Waals surface area contributed by atoms with E-state index in [0.29, 0.717) is 6.54 Å². The highest BCUT2D eigenvalue weighted by Gasteiger charge is 2.15. The van der Waals surface area contributed by atoms with E-state index >= 15 is 0 Å². The van der Waals surface area contributed by atoms with Crippen molar-refractivity contribution < 1.29 is 18.4 Å². The van der Waals surface area contributed by atoms with Gasteiger partial charge in [0.25, 0.3) is 11.8 Å². The lowest BCUT2D eigenvalue weighted by molar-refractivity contribution is 0.0948. The number of nitrogens with zero attached hydrogens (tertiary/aromatic N) is 1. The van der Waals surface area contributed by atoms with Gasteiger partial charge in [0.2, 0.25) is 0 Å². The molecule has 0 bridgehead atoms. The van der Waals surface area contributed by atoms with Gasteiger partial charge in [-0.15, -0.1) is 0 Å². The van der Waals surface area contributed by atoms with Crippen LogP contribution in [0, 0.1) is 17.6 Å². The van der Waals surface area contributed by atoms with Gasteiger partial charge in [-0.25, -0.2) is 8.78 Å². The van der Waals surface area contributed by atoms with Crippen molar-refractivity contribution in [1.29, 1.82) is 0 Å². The third-order valence-corrected chi connectivity index (χ3v) is 3.13. The second-order valence-corrected chi connectivity index (χ2v) is 5.62. The minimum Gasteiger partial charge on any atom is -0.352 e. The fourth-order valence-electron chi connectivity index (χ4n) is 1.89. The van der Waals surface area contributed by atoms with E-state index in [1.54, 1.807) is 0 Å². The lowest BCUT2D eigenvalue weighted by atomic mass is 10.1. The zero-order valence-electron chi connectivity index (χ0n) is 13.3. The first-order valence-electron chi connectivity index (χ1n) is 7.37. The summed E-state index contributed by atoms with van der Waals surface area (Å²) in [6.45, 7) is 4.38. The third-order valence-electron chi connectivity index (χ3n) is 3.13. The summed E-state index contributed by atoms with van der Waals surface area (Å²) < 4.78 is 27.2. The first-order valence-corrected chi connectivity index (χ1v) is 7.37. The number of halogens is 2. The van der Waals surface area contributed by atoms with Gasteiger partial charge in [0, 0.05) is 18.9 Å². The van der Waals surface area contributed by atoms with Crippen molar-refractivity contribution in [3.05, 3.63) is 59.4 Å². The van der Waals surface area contributed by atoms with E-state index in [1.165, 1.54) is 24.5 Å². The average Bonchev–Trinajstić information content (AvgIpc) is 2.56. The van der Waals surface area contributed by atoms with E-state index in [9.17, 15) is 18.4 Å². The summed E-state index contributed by atoms with van der Waals surface area (Å²) in [7, 11) is 0. The summed E-state index contributed by atoms with van der Waals surface area (Å²) in [5.74, 6) is -2.63. The molecule has 5 nitrogen and oxygen atoms in total. The molecule has 2 aromatic rings. The summed E-state index contributed by atoms with van der Waals surface area (Å²) in [6, 6.07) is 4.58. The van der Waals surface area contributed by atoms with Crippen LogP contribution >= 0.6 is 0 Å². The highest BCUT2D eigenvalue weighted by molar-refractivity contribution is 6.05. The molecule has 0 aliphatic carbocycles. The molecule has 1 aromatic heterocycles. The van der Waals surface area contributed by atoms with Crippen LogP contribution in [0.15, 0.2) is 36.7 Å². The Bertz CT molecular complexity index is 743. The van der Waals surface area contributed by atoms with Gasteiger partial charge in [0.15, 0.2) is 0 Å². The fourth-order valence-corrected chi connectivity index (χ4v) is 1.89. The minimum atomic E-state index is -0.887. The summed E-state index contributed by atoms with van der Waals surface area (Å²) in [5.41, 5.74) is -0.329. The molecule has 24 heavy (non-hydrogen) atoms. The molecule has 0 saturated heterocycles. The van der Waals surface area contributed by atoms with Crippen molar-refractivity contribution in [2.24, 2.45) is 5.92 Å². The molecule has 1 heterocycles. The second-order valence-electron chi connectivity index (χ2n) is 5.62. The number of nitrogens with one attached hydrogen (secondary N) is 2. The van der Waals surface area contributed by atoms with E-state index < -0.39 is 23.2 Å². The number of carbonyl (C=O) groups excluding carboxylic acids is 2. The Kier molecular flexibility index (Phi) is 5.57. The Morgan fingerprint density at radius 1 is 1.08 bits per heavy atom. The fraction of sp³-hybridized carbons (Fsp3) is 0.235. The first kappa shape index (κ1) is 17.5. The molecular weight excluding hydrogens is 316 g/mol. The van der Waals surface area contributed by atoms with Gasteiger partial charge >= 0.3 is 0 Å². The highest BCUT2D eigenvalue weighted by atomic mass is 19.1. The van der Waals surface area contributed by atoms with E-state index in [0.717, 1.165) is 12.1 Å². The van der Waals surface area contributed by atoms with Crippen LogP contribution in [0.2, 0.25) is 0 Å². The lowest BCUT2D eigenvalue weighted by Crippen LogP contribution is -2.27. The molecule has 2 amide bonds. The van der Waals surface area contributed by atoms with Crippen LogP contribution < -0.4 is 10.6 Å². The van der Waals surface area contributed by atoms with Gasteiger partial charge in [-0.1, -0.05) is 19.9 Å². The van der Waals surface area contributed by atoms with Crippen LogP contribution in [-0.4, -0.2) is 23.3 Å². The Hall–Kier alpha value is -2.83. The molecule has 1 aromatic carbocycles. The van der Waals surface area contributed by atoms with Gasteiger partial charge in [-0.3, -0.25) is 14.6 Å². The standard InChI is InChI=1S/C17H17F2N3O2/c1-10(2)7-21-16(23)11-6-12(9-20-8-11)17(24)22-15-13(18)4-3-5-14(15)19/h3-6,8-10H,7H2,1-2H3,(H,21,23)(H,22,24). The third kappa shape index (κ3) is 4.34. The summed E-state index contributed by atoms with van der Waals surface area (Å²) in [4.78, 5) is 28.0. The predicted molar refractivity (Wildman–Crippen MR) is 85.7 cm³/mol. The topological polar surface area (TPSA) is 71.1 Å². The summed E-state index contributed by atoms with van der Waals surface area (Å²) >= 11 is 0. The zero-order valence-corrected chi connectivity index (χ0v) is 13.3. The molecule has 0 fully saturated rings. The quantitative estimate of drug-likeness (QED) is 0.883. The Labute approximate surface area is 138 Å². The monoisotopic (exact) mass is 333 g/mol. The molecule has 0 radical (unpaired) electrons. The van der Waals surface area contributed by atoms with Crippen LogP contribution in [0.5, 0.6) is 0 Å². The lowest BCUT2D eigenvalue weighted by Gasteiger charge is -2.09. The van der Waals surface area contributed by atoms with Crippen LogP contribution in [-0.2, 0) is 0 Å². The molecule has 126 valence electrons. The van der Waals surface area contributed by atoms with Crippen LogP contribution in [0.25, 0.3) is 0 Å². The number of hydrogen-bond acceptors (Lipinski definition) is 3. The molecule has 0 saturated carbocycles. The summed E-state index contributed by atoms with van der Waals surface area (Å²) in [6.07, 6.45) is 2.53. The number of anilines is 1. The van der Waals surface area contributed by atoms with Crippen molar-refractivity contribution in [3.63, 3.8) is 0 Å². The van der Waals surface area contributed by atoms with Crippen molar-refractivity contribution in [1.82, 2.24) is 10.3 Å². The smallest absolute Gasteiger partial charge is 0.257 e. The van der Waals surface area contributed by atoms with Crippen molar-refractivity contribution in [2.75, 3.05) is 11.9 Å². The van der Waals surface area contributed by atoms with Crippen molar-refractivity contribution >= 4 is 17.5 Å². The maximum absolute atomic E-state index is 13.6. The maximum Gasteiger partial charge on any atom is 0.257 e. The van der Waals surface area contributed by atoms with Gasteiger partial charge in [0.1, 0.15) is 17.3 Å². The number of amides is 2. The van der Waals surface area contributed by atoms with E-state index in [2.05, 4.69) is 15.6 Å². The number of aromatic nitrogens is 1.